The maximum atomic E-state index is 12.1. The Labute approximate surface area is 125 Å². The van der Waals surface area contributed by atoms with Gasteiger partial charge < -0.3 is 10.2 Å². The van der Waals surface area contributed by atoms with Crippen molar-refractivity contribution in [1.29, 1.82) is 0 Å². The number of hydrogen-bond acceptors (Lipinski definition) is 4. The minimum Gasteiger partial charge on any atom is -0.347 e. The lowest BCUT2D eigenvalue weighted by molar-refractivity contribution is -0.122. The summed E-state index contributed by atoms with van der Waals surface area (Å²) in [5.41, 5.74) is 1.08. The van der Waals surface area contributed by atoms with Gasteiger partial charge in [-0.1, -0.05) is 6.92 Å². The van der Waals surface area contributed by atoms with Gasteiger partial charge in [-0.15, -0.1) is 11.3 Å². The maximum absolute atomic E-state index is 12.1. The first-order valence-corrected chi connectivity index (χ1v) is 8.37. The Morgan fingerprint density at radius 1 is 1.40 bits per heavy atom. The van der Waals surface area contributed by atoms with E-state index in [4.69, 9.17) is 0 Å². The minimum atomic E-state index is 0.0680. The van der Waals surface area contributed by atoms with Crippen molar-refractivity contribution in [3.8, 4) is 0 Å². The van der Waals surface area contributed by atoms with Crippen LogP contribution in [0.15, 0.2) is 0 Å². The molecule has 5 heteroatoms. The van der Waals surface area contributed by atoms with Gasteiger partial charge in [-0.3, -0.25) is 4.79 Å². The number of thiazole rings is 1. The van der Waals surface area contributed by atoms with E-state index in [9.17, 15) is 4.79 Å². The van der Waals surface area contributed by atoms with Crippen molar-refractivity contribution in [3.63, 3.8) is 0 Å². The molecule has 1 saturated heterocycles. The number of aromatic nitrogens is 1. The van der Waals surface area contributed by atoms with Gasteiger partial charge in [-0.25, -0.2) is 4.98 Å². The summed E-state index contributed by atoms with van der Waals surface area (Å²) < 4.78 is 0. The second kappa shape index (κ2) is 7.18. The molecule has 1 atom stereocenters. The third kappa shape index (κ3) is 4.03. The Kier molecular flexibility index (Phi) is 5.54. The standard InChI is InChI=1S/C15H25N3OS/c1-4-13(15-16-11(2)12(3)20-15)17-14(19)7-10-18-8-5-6-9-18/h13H,4-10H2,1-3H3,(H,17,19)/t13-/m1/s1. The number of likely N-dealkylation sites (tertiary alicyclic amines) is 1. The summed E-state index contributed by atoms with van der Waals surface area (Å²) in [7, 11) is 0. The van der Waals surface area contributed by atoms with Crippen LogP contribution in [-0.4, -0.2) is 35.4 Å². The lowest BCUT2D eigenvalue weighted by atomic mass is 10.2. The van der Waals surface area contributed by atoms with E-state index in [1.165, 1.54) is 17.7 Å². The SMILES string of the molecule is CC[C@@H](NC(=O)CCN1CCCC1)c1nc(C)c(C)s1. The van der Waals surface area contributed by atoms with Crippen LogP contribution in [0.1, 0.15) is 54.2 Å². The van der Waals surface area contributed by atoms with Gasteiger partial charge in [-0.2, -0.15) is 0 Å². The molecule has 4 nitrogen and oxygen atoms in total. The number of carbonyl (C=O) groups is 1. The first-order chi connectivity index (χ1) is 9.60. The molecule has 20 heavy (non-hydrogen) atoms. The van der Waals surface area contributed by atoms with Crippen LogP contribution in [-0.2, 0) is 4.79 Å². The summed E-state index contributed by atoms with van der Waals surface area (Å²) in [6.45, 7) is 9.38. The second-order valence-corrected chi connectivity index (χ2v) is 6.76. The number of amides is 1. The second-order valence-electron chi connectivity index (χ2n) is 5.52. The highest BCUT2D eigenvalue weighted by atomic mass is 32.1. The molecular formula is C15H25N3OS. The number of carbonyl (C=O) groups excluding carboxylic acids is 1. The highest BCUT2D eigenvalue weighted by molar-refractivity contribution is 7.11. The molecule has 0 aliphatic carbocycles. The average Bonchev–Trinajstić information content (AvgIpc) is 3.04. The summed E-state index contributed by atoms with van der Waals surface area (Å²) in [6, 6.07) is 0.0680. The highest BCUT2D eigenvalue weighted by Crippen LogP contribution is 2.24. The molecule has 0 radical (unpaired) electrons. The number of nitrogens with one attached hydrogen (secondary N) is 1. The van der Waals surface area contributed by atoms with Crippen molar-refractivity contribution >= 4 is 17.2 Å². The first kappa shape index (κ1) is 15.4. The van der Waals surface area contributed by atoms with Crippen molar-refractivity contribution in [3.05, 3.63) is 15.6 Å². The molecule has 112 valence electrons. The van der Waals surface area contributed by atoms with Crippen LogP contribution in [0.5, 0.6) is 0 Å². The van der Waals surface area contributed by atoms with E-state index < -0.39 is 0 Å². The quantitative estimate of drug-likeness (QED) is 0.878. The molecule has 0 unspecified atom stereocenters. The number of rotatable bonds is 6. The van der Waals surface area contributed by atoms with E-state index in [-0.39, 0.29) is 11.9 Å². The van der Waals surface area contributed by atoms with Crippen molar-refractivity contribution in [2.45, 2.75) is 52.5 Å². The zero-order chi connectivity index (χ0) is 14.5. The smallest absolute Gasteiger partial charge is 0.221 e. The molecule has 1 N–H and O–H groups in total. The average molecular weight is 295 g/mol. The molecule has 1 amide bonds. The van der Waals surface area contributed by atoms with E-state index >= 15 is 0 Å². The Morgan fingerprint density at radius 2 is 2.10 bits per heavy atom. The predicted molar refractivity (Wildman–Crippen MR) is 83.1 cm³/mol. The third-order valence-corrected chi connectivity index (χ3v) is 5.13. The molecule has 1 aliphatic heterocycles. The predicted octanol–water partition coefficient (Wildman–Crippen LogP) is 2.81. The molecule has 1 aromatic heterocycles. The maximum Gasteiger partial charge on any atom is 0.221 e. The van der Waals surface area contributed by atoms with Crippen molar-refractivity contribution in [2.75, 3.05) is 19.6 Å². The van der Waals surface area contributed by atoms with Crippen LogP contribution in [0.4, 0.5) is 0 Å². The van der Waals surface area contributed by atoms with Crippen LogP contribution in [0.2, 0.25) is 0 Å². The summed E-state index contributed by atoms with van der Waals surface area (Å²) in [5.74, 6) is 0.147. The fraction of sp³-hybridized carbons (Fsp3) is 0.733. The Bertz CT molecular complexity index is 432. The van der Waals surface area contributed by atoms with Gasteiger partial charge in [0.15, 0.2) is 0 Å². The topological polar surface area (TPSA) is 45.2 Å². The van der Waals surface area contributed by atoms with Gasteiger partial charge in [0.1, 0.15) is 5.01 Å². The molecule has 1 fully saturated rings. The lowest BCUT2D eigenvalue weighted by Crippen LogP contribution is -2.31. The lowest BCUT2D eigenvalue weighted by Gasteiger charge is -2.17. The summed E-state index contributed by atoms with van der Waals surface area (Å²) >= 11 is 1.70. The fourth-order valence-corrected chi connectivity index (χ4v) is 3.57. The van der Waals surface area contributed by atoms with E-state index in [1.54, 1.807) is 11.3 Å². The van der Waals surface area contributed by atoms with E-state index in [0.717, 1.165) is 36.8 Å². The Hall–Kier alpha value is -0.940. The van der Waals surface area contributed by atoms with E-state index in [1.807, 2.05) is 6.92 Å². The van der Waals surface area contributed by atoms with Crippen LogP contribution in [0.25, 0.3) is 0 Å². The Morgan fingerprint density at radius 3 is 2.65 bits per heavy atom. The molecule has 2 rings (SSSR count). The first-order valence-electron chi connectivity index (χ1n) is 7.55. The molecule has 0 spiro atoms. The van der Waals surface area contributed by atoms with Crippen LogP contribution in [0.3, 0.4) is 0 Å². The van der Waals surface area contributed by atoms with Gasteiger partial charge in [0.25, 0.3) is 0 Å². The van der Waals surface area contributed by atoms with Crippen LogP contribution >= 0.6 is 11.3 Å². The monoisotopic (exact) mass is 295 g/mol. The number of aryl methyl sites for hydroxylation is 2. The van der Waals surface area contributed by atoms with Gasteiger partial charge >= 0.3 is 0 Å². The molecule has 0 aromatic carbocycles. The van der Waals surface area contributed by atoms with E-state index in [2.05, 4.69) is 29.0 Å². The molecular weight excluding hydrogens is 270 g/mol. The van der Waals surface area contributed by atoms with Gasteiger partial charge in [0.2, 0.25) is 5.91 Å². The molecule has 2 heterocycles. The van der Waals surface area contributed by atoms with Gasteiger partial charge in [0, 0.05) is 17.8 Å². The van der Waals surface area contributed by atoms with Crippen molar-refractivity contribution in [1.82, 2.24) is 15.2 Å². The largest absolute Gasteiger partial charge is 0.347 e. The number of hydrogen-bond donors (Lipinski definition) is 1. The zero-order valence-electron chi connectivity index (χ0n) is 12.7. The molecule has 1 aromatic rings. The van der Waals surface area contributed by atoms with Crippen LogP contribution in [0, 0.1) is 13.8 Å². The van der Waals surface area contributed by atoms with Crippen molar-refractivity contribution < 1.29 is 4.79 Å². The van der Waals surface area contributed by atoms with Crippen LogP contribution < -0.4 is 5.32 Å². The number of nitrogens with zero attached hydrogens (tertiary/aromatic N) is 2. The summed E-state index contributed by atoms with van der Waals surface area (Å²) in [4.78, 5) is 20.3. The van der Waals surface area contributed by atoms with Gasteiger partial charge in [-0.05, 0) is 46.2 Å². The normalized spacial score (nSPS) is 17.4. The van der Waals surface area contributed by atoms with Crippen molar-refractivity contribution in [2.24, 2.45) is 0 Å². The Balaban J connectivity index is 1.84. The molecule has 0 bridgehead atoms. The minimum absolute atomic E-state index is 0.0680. The summed E-state index contributed by atoms with van der Waals surface area (Å²) in [6.07, 6.45) is 4.04. The fourth-order valence-electron chi connectivity index (χ4n) is 2.52. The zero-order valence-corrected chi connectivity index (χ0v) is 13.6. The highest BCUT2D eigenvalue weighted by Gasteiger charge is 2.18. The molecule has 0 saturated carbocycles. The summed E-state index contributed by atoms with van der Waals surface area (Å²) in [5, 5.41) is 4.17. The van der Waals surface area contributed by atoms with E-state index in [0.29, 0.717) is 6.42 Å². The van der Waals surface area contributed by atoms with Gasteiger partial charge in [0.05, 0.1) is 11.7 Å². The third-order valence-electron chi connectivity index (χ3n) is 3.94. The molecule has 1 aliphatic rings.